The number of aromatic nitrogens is 2. The Kier molecular flexibility index (Phi) is 4.96. The summed E-state index contributed by atoms with van der Waals surface area (Å²) in [6.45, 7) is 7.71. The van der Waals surface area contributed by atoms with Crippen LogP contribution in [0.25, 0.3) is 0 Å². The van der Waals surface area contributed by atoms with Crippen LogP contribution in [0.5, 0.6) is 0 Å². The molecule has 2 rings (SSSR count). The summed E-state index contributed by atoms with van der Waals surface area (Å²) in [5.41, 5.74) is 1.11. The van der Waals surface area contributed by atoms with Gasteiger partial charge in [-0.2, -0.15) is 4.98 Å². The Morgan fingerprint density at radius 2 is 2.37 bits per heavy atom. The van der Waals surface area contributed by atoms with Crippen LogP contribution in [0.3, 0.4) is 0 Å². The second kappa shape index (κ2) is 6.70. The van der Waals surface area contributed by atoms with Gasteiger partial charge in [0.05, 0.1) is 6.61 Å². The van der Waals surface area contributed by atoms with E-state index in [-0.39, 0.29) is 0 Å². The second-order valence-electron chi connectivity index (χ2n) is 5.19. The lowest BCUT2D eigenvalue weighted by atomic mass is 10.0. The van der Waals surface area contributed by atoms with Crippen LogP contribution in [-0.2, 0) is 4.74 Å². The molecular weight excluding hydrogens is 240 g/mol. The largest absolute Gasteiger partial charge is 0.381 e. The van der Waals surface area contributed by atoms with Gasteiger partial charge in [-0.3, -0.25) is 0 Å². The predicted octanol–water partition coefficient (Wildman–Crippen LogP) is 2.08. The molecule has 0 spiro atoms. The van der Waals surface area contributed by atoms with Crippen molar-refractivity contribution in [2.24, 2.45) is 5.92 Å². The summed E-state index contributed by atoms with van der Waals surface area (Å²) in [4.78, 5) is 11.1. The topological polar surface area (TPSA) is 50.3 Å². The lowest BCUT2D eigenvalue weighted by molar-refractivity contribution is 0.0576. The number of ether oxygens (including phenoxy) is 1. The number of nitrogens with zero attached hydrogens (tertiary/aromatic N) is 3. The normalized spacial score (nSPS) is 19.2. The van der Waals surface area contributed by atoms with Crippen LogP contribution >= 0.6 is 0 Å². The summed E-state index contributed by atoms with van der Waals surface area (Å²) in [6, 6.07) is 0. The molecule has 0 aromatic carbocycles. The van der Waals surface area contributed by atoms with Crippen LogP contribution in [0.2, 0.25) is 0 Å². The fraction of sp³-hybridized carbons (Fsp3) is 0.714. The zero-order valence-electron chi connectivity index (χ0n) is 12.1. The quantitative estimate of drug-likeness (QED) is 0.882. The molecule has 0 aliphatic carbocycles. The molecule has 5 nitrogen and oxygen atoms in total. The molecule has 1 atom stereocenters. The summed E-state index contributed by atoms with van der Waals surface area (Å²) in [7, 11) is 2.10. The van der Waals surface area contributed by atoms with Gasteiger partial charge in [-0.05, 0) is 32.6 Å². The van der Waals surface area contributed by atoms with Crippen LogP contribution in [0.15, 0.2) is 6.20 Å². The summed E-state index contributed by atoms with van der Waals surface area (Å²) >= 11 is 0. The van der Waals surface area contributed by atoms with Gasteiger partial charge in [0.15, 0.2) is 0 Å². The summed E-state index contributed by atoms with van der Waals surface area (Å²) < 4.78 is 5.54. The Labute approximate surface area is 115 Å². The highest BCUT2D eigenvalue weighted by molar-refractivity contribution is 5.48. The first kappa shape index (κ1) is 14.1. The molecule has 5 heteroatoms. The number of anilines is 2. The SMILES string of the molecule is CCNc1ncc(C)c(N(C)CC2CCCOC2)n1. The third-order valence-corrected chi connectivity index (χ3v) is 3.43. The van der Waals surface area contributed by atoms with E-state index in [1.165, 1.54) is 12.8 Å². The molecule has 106 valence electrons. The van der Waals surface area contributed by atoms with Gasteiger partial charge in [-0.15, -0.1) is 0 Å². The highest BCUT2D eigenvalue weighted by Crippen LogP contribution is 2.21. The fourth-order valence-corrected chi connectivity index (χ4v) is 2.49. The minimum absolute atomic E-state index is 0.607. The zero-order chi connectivity index (χ0) is 13.7. The monoisotopic (exact) mass is 264 g/mol. The minimum Gasteiger partial charge on any atom is -0.381 e. The number of aryl methyl sites for hydroxylation is 1. The molecule has 1 saturated heterocycles. The fourth-order valence-electron chi connectivity index (χ4n) is 2.49. The highest BCUT2D eigenvalue weighted by Gasteiger charge is 2.18. The van der Waals surface area contributed by atoms with Gasteiger partial charge in [0, 0.05) is 38.5 Å². The lowest BCUT2D eigenvalue weighted by Crippen LogP contribution is -2.31. The van der Waals surface area contributed by atoms with E-state index >= 15 is 0 Å². The molecule has 2 heterocycles. The van der Waals surface area contributed by atoms with Gasteiger partial charge in [0.25, 0.3) is 0 Å². The Morgan fingerprint density at radius 1 is 1.53 bits per heavy atom. The van der Waals surface area contributed by atoms with E-state index in [9.17, 15) is 0 Å². The molecule has 0 saturated carbocycles. The van der Waals surface area contributed by atoms with E-state index in [1.807, 2.05) is 13.1 Å². The molecule has 1 aromatic rings. The molecule has 0 bridgehead atoms. The maximum absolute atomic E-state index is 5.54. The number of hydrogen-bond acceptors (Lipinski definition) is 5. The first-order valence-electron chi connectivity index (χ1n) is 7.07. The molecule has 1 aromatic heterocycles. The van der Waals surface area contributed by atoms with Crippen molar-refractivity contribution >= 4 is 11.8 Å². The average Bonchev–Trinajstić information content (AvgIpc) is 2.42. The smallest absolute Gasteiger partial charge is 0.224 e. The number of nitrogens with one attached hydrogen (secondary N) is 1. The van der Waals surface area contributed by atoms with Gasteiger partial charge >= 0.3 is 0 Å². The molecule has 1 unspecified atom stereocenters. The van der Waals surface area contributed by atoms with Gasteiger partial charge < -0.3 is 15.0 Å². The zero-order valence-corrected chi connectivity index (χ0v) is 12.1. The number of rotatable bonds is 5. The molecule has 1 aliphatic heterocycles. The van der Waals surface area contributed by atoms with Crippen molar-refractivity contribution in [3.8, 4) is 0 Å². The predicted molar refractivity (Wildman–Crippen MR) is 77.7 cm³/mol. The van der Waals surface area contributed by atoms with Crippen molar-refractivity contribution in [2.45, 2.75) is 26.7 Å². The van der Waals surface area contributed by atoms with Crippen molar-refractivity contribution in [1.82, 2.24) is 9.97 Å². The molecule has 1 aliphatic rings. The Balaban J connectivity index is 2.04. The van der Waals surface area contributed by atoms with Crippen molar-refractivity contribution in [2.75, 3.05) is 43.6 Å². The maximum atomic E-state index is 5.54. The van der Waals surface area contributed by atoms with Gasteiger partial charge in [-0.1, -0.05) is 0 Å². The van der Waals surface area contributed by atoms with Crippen molar-refractivity contribution in [3.05, 3.63) is 11.8 Å². The van der Waals surface area contributed by atoms with Gasteiger partial charge in [0.2, 0.25) is 5.95 Å². The highest BCUT2D eigenvalue weighted by atomic mass is 16.5. The van der Waals surface area contributed by atoms with Gasteiger partial charge in [-0.25, -0.2) is 4.98 Å². The molecular formula is C14H24N4O. The van der Waals surface area contributed by atoms with E-state index in [2.05, 4.69) is 34.2 Å². The summed E-state index contributed by atoms with van der Waals surface area (Å²) in [5.74, 6) is 2.32. The van der Waals surface area contributed by atoms with Crippen LogP contribution in [-0.4, -0.2) is 43.3 Å². The third kappa shape index (κ3) is 3.80. The average molecular weight is 264 g/mol. The first-order chi connectivity index (χ1) is 9.20. The standard InChI is InChI=1S/C14H24N4O/c1-4-15-14-16-8-11(2)13(17-14)18(3)9-12-6-5-7-19-10-12/h8,12H,4-7,9-10H2,1-3H3,(H,15,16,17). The van der Waals surface area contributed by atoms with E-state index in [0.29, 0.717) is 11.9 Å². The molecule has 1 fully saturated rings. The molecule has 1 N–H and O–H groups in total. The van der Waals surface area contributed by atoms with Crippen molar-refractivity contribution in [1.29, 1.82) is 0 Å². The van der Waals surface area contributed by atoms with E-state index in [1.54, 1.807) is 0 Å². The van der Waals surface area contributed by atoms with Crippen LogP contribution in [0.4, 0.5) is 11.8 Å². The van der Waals surface area contributed by atoms with Crippen LogP contribution in [0, 0.1) is 12.8 Å². The molecule has 0 radical (unpaired) electrons. The van der Waals surface area contributed by atoms with E-state index < -0.39 is 0 Å². The molecule has 19 heavy (non-hydrogen) atoms. The first-order valence-corrected chi connectivity index (χ1v) is 7.07. The van der Waals surface area contributed by atoms with E-state index in [4.69, 9.17) is 4.74 Å². The van der Waals surface area contributed by atoms with Crippen LogP contribution in [0.1, 0.15) is 25.3 Å². The second-order valence-corrected chi connectivity index (χ2v) is 5.19. The number of hydrogen-bond donors (Lipinski definition) is 1. The Bertz CT molecular complexity index is 404. The Hall–Kier alpha value is -1.36. The van der Waals surface area contributed by atoms with Crippen LogP contribution < -0.4 is 10.2 Å². The van der Waals surface area contributed by atoms with E-state index in [0.717, 1.165) is 37.7 Å². The lowest BCUT2D eigenvalue weighted by Gasteiger charge is -2.28. The maximum Gasteiger partial charge on any atom is 0.224 e. The molecule has 0 amide bonds. The minimum atomic E-state index is 0.607. The summed E-state index contributed by atoms with van der Waals surface area (Å²) in [5, 5.41) is 3.16. The van der Waals surface area contributed by atoms with Gasteiger partial charge in [0.1, 0.15) is 5.82 Å². The van der Waals surface area contributed by atoms with Crippen molar-refractivity contribution < 1.29 is 4.74 Å². The third-order valence-electron chi connectivity index (χ3n) is 3.43. The Morgan fingerprint density at radius 3 is 3.05 bits per heavy atom. The summed E-state index contributed by atoms with van der Waals surface area (Å²) in [6.07, 6.45) is 4.30. The van der Waals surface area contributed by atoms with Crippen molar-refractivity contribution in [3.63, 3.8) is 0 Å².